The number of ether oxygens (including phenoxy) is 2. The van der Waals surface area contributed by atoms with Crippen LogP contribution in [0.15, 0.2) is 65.6 Å². The average molecular weight is 462 g/mol. The van der Waals surface area contributed by atoms with Gasteiger partial charge >= 0.3 is 5.97 Å². The molecule has 0 aromatic heterocycles. The van der Waals surface area contributed by atoms with E-state index in [0.717, 1.165) is 10.8 Å². The number of rotatable bonds is 9. The molecule has 3 rings (SSSR count). The number of sulfonamides is 1. The second kappa shape index (κ2) is 9.91. The number of fused-ring (bicyclic) bond motifs is 1. The third-order valence-electron chi connectivity index (χ3n) is 4.49. The summed E-state index contributed by atoms with van der Waals surface area (Å²) >= 11 is 5.98. The normalized spacial score (nSPS) is 11.3. The van der Waals surface area contributed by atoms with E-state index >= 15 is 0 Å². The molecule has 0 bridgehead atoms. The highest BCUT2D eigenvalue weighted by Crippen LogP contribution is 2.25. The third kappa shape index (κ3) is 5.81. The molecule has 3 aromatic rings. The van der Waals surface area contributed by atoms with E-state index in [2.05, 4.69) is 4.72 Å². The molecule has 0 aliphatic carbocycles. The van der Waals surface area contributed by atoms with Crippen LogP contribution in [0.4, 0.5) is 0 Å². The van der Waals surface area contributed by atoms with Crippen LogP contribution in [0, 0.1) is 0 Å². The van der Waals surface area contributed by atoms with Gasteiger partial charge in [0.15, 0.2) is 12.4 Å². The summed E-state index contributed by atoms with van der Waals surface area (Å²) in [4.78, 5) is 24.1. The number of carbonyl (C=O) groups excluding carboxylic acids is 2. The molecule has 0 heterocycles. The highest BCUT2D eigenvalue weighted by molar-refractivity contribution is 7.89. The van der Waals surface area contributed by atoms with Crippen molar-refractivity contribution in [3.63, 3.8) is 0 Å². The fourth-order valence-corrected chi connectivity index (χ4v) is 4.17. The quantitative estimate of drug-likeness (QED) is 0.386. The van der Waals surface area contributed by atoms with Gasteiger partial charge in [-0.05, 0) is 41.1 Å². The number of benzene rings is 3. The maximum atomic E-state index is 12.5. The average Bonchev–Trinajstić information content (AvgIpc) is 2.76. The molecule has 0 fully saturated rings. The molecule has 162 valence electrons. The van der Waals surface area contributed by atoms with Crippen LogP contribution in [0.5, 0.6) is 5.75 Å². The van der Waals surface area contributed by atoms with Gasteiger partial charge in [-0.1, -0.05) is 41.9 Å². The first-order valence-corrected chi connectivity index (χ1v) is 11.2. The van der Waals surface area contributed by atoms with Crippen molar-refractivity contribution in [2.75, 3.05) is 20.3 Å². The number of esters is 1. The van der Waals surface area contributed by atoms with E-state index in [9.17, 15) is 18.0 Å². The predicted octanol–water partition coefficient (Wildman–Crippen LogP) is 3.60. The van der Waals surface area contributed by atoms with Crippen molar-refractivity contribution in [3.8, 4) is 5.75 Å². The Balaban J connectivity index is 1.50. The van der Waals surface area contributed by atoms with Crippen molar-refractivity contribution in [1.82, 2.24) is 4.72 Å². The Hall–Kier alpha value is -2.94. The molecular weight excluding hydrogens is 442 g/mol. The number of halogens is 1. The Morgan fingerprint density at radius 2 is 1.74 bits per heavy atom. The summed E-state index contributed by atoms with van der Waals surface area (Å²) in [5.41, 5.74) is 0.274. The molecule has 0 unspecified atom stereocenters. The van der Waals surface area contributed by atoms with Crippen LogP contribution in [0.25, 0.3) is 10.8 Å². The molecule has 0 atom stereocenters. The Labute approximate surface area is 185 Å². The largest absolute Gasteiger partial charge is 0.495 e. The minimum absolute atomic E-state index is 0.103. The van der Waals surface area contributed by atoms with Gasteiger partial charge in [0, 0.05) is 12.1 Å². The molecule has 0 radical (unpaired) electrons. The highest BCUT2D eigenvalue weighted by Gasteiger charge is 2.16. The molecule has 0 saturated carbocycles. The first kappa shape index (κ1) is 22.7. The predicted molar refractivity (Wildman–Crippen MR) is 117 cm³/mol. The molecule has 0 aliphatic rings. The van der Waals surface area contributed by atoms with Gasteiger partial charge in [0.2, 0.25) is 10.0 Å². The fraction of sp³-hybridized carbons (Fsp3) is 0.182. The van der Waals surface area contributed by atoms with Crippen LogP contribution >= 0.6 is 11.6 Å². The molecule has 1 N–H and O–H groups in total. The molecule has 0 aliphatic heterocycles. The van der Waals surface area contributed by atoms with Gasteiger partial charge < -0.3 is 9.47 Å². The maximum Gasteiger partial charge on any atom is 0.307 e. The SMILES string of the molecule is COc1ccc(C(=O)COC(=O)CCNS(=O)(=O)c2ccc3ccccc3c2)cc1Cl. The summed E-state index contributed by atoms with van der Waals surface area (Å²) in [5, 5.41) is 1.98. The first-order chi connectivity index (χ1) is 14.8. The zero-order valence-corrected chi connectivity index (χ0v) is 18.2. The van der Waals surface area contributed by atoms with Crippen molar-refractivity contribution in [3.05, 3.63) is 71.2 Å². The second-order valence-electron chi connectivity index (χ2n) is 6.59. The van der Waals surface area contributed by atoms with Crippen molar-refractivity contribution in [1.29, 1.82) is 0 Å². The van der Waals surface area contributed by atoms with Crippen LogP contribution in [-0.4, -0.2) is 40.4 Å². The van der Waals surface area contributed by atoms with Crippen molar-refractivity contribution in [2.24, 2.45) is 0 Å². The van der Waals surface area contributed by atoms with Crippen LogP contribution in [0.2, 0.25) is 5.02 Å². The number of hydrogen-bond donors (Lipinski definition) is 1. The van der Waals surface area contributed by atoms with Gasteiger partial charge in [0.25, 0.3) is 0 Å². The molecular formula is C22H20ClNO6S. The zero-order chi connectivity index (χ0) is 22.4. The lowest BCUT2D eigenvalue weighted by Crippen LogP contribution is -2.27. The van der Waals surface area contributed by atoms with Gasteiger partial charge in [0.1, 0.15) is 5.75 Å². The van der Waals surface area contributed by atoms with Gasteiger partial charge in [-0.3, -0.25) is 9.59 Å². The van der Waals surface area contributed by atoms with Crippen LogP contribution in [0.3, 0.4) is 0 Å². The lowest BCUT2D eigenvalue weighted by molar-refractivity contribution is -0.142. The number of Topliss-reactive ketones (excluding diaryl/α,β-unsaturated/α-hetero) is 1. The van der Waals surface area contributed by atoms with Crippen molar-refractivity contribution in [2.45, 2.75) is 11.3 Å². The molecule has 9 heteroatoms. The van der Waals surface area contributed by atoms with Gasteiger partial charge in [-0.2, -0.15) is 0 Å². The van der Waals surface area contributed by atoms with Crippen molar-refractivity contribution < 1.29 is 27.5 Å². The Morgan fingerprint density at radius 3 is 2.45 bits per heavy atom. The van der Waals surface area contributed by atoms with E-state index in [1.54, 1.807) is 18.2 Å². The Bertz CT molecular complexity index is 1230. The van der Waals surface area contributed by atoms with E-state index in [1.807, 2.05) is 24.3 Å². The first-order valence-electron chi connectivity index (χ1n) is 9.31. The molecule has 31 heavy (non-hydrogen) atoms. The topological polar surface area (TPSA) is 98.8 Å². The van der Waals surface area contributed by atoms with E-state index in [1.165, 1.54) is 25.3 Å². The maximum absolute atomic E-state index is 12.5. The minimum Gasteiger partial charge on any atom is -0.495 e. The second-order valence-corrected chi connectivity index (χ2v) is 8.76. The lowest BCUT2D eigenvalue weighted by Gasteiger charge is -2.09. The van der Waals surface area contributed by atoms with E-state index in [4.69, 9.17) is 21.1 Å². The van der Waals surface area contributed by atoms with Gasteiger partial charge in [-0.25, -0.2) is 13.1 Å². The number of carbonyl (C=O) groups is 2. The third-order valence-corrected chi connectivity index (χ3v) is 6.24. The Kier molecular flexibility index (Phi) is 7.27. The minimum atomic E-state index is -3.78. The summed E-state index contributed by atoms with van der Waals surface area (Å²) in [6, 6.07) is 16.7. The smallest absolute Gasteiger partial charge is 0.307 e. The number of nitrogens with one attached hydrogen (secondary N) is 1. The van der Waals surface area contributed by atoms with Crippen LogP contribution < -0.4 is 9.46 Å². The molecule has 7 nitrogen and oxygen atoms in total. The fourth-order valence-electron chi connectivity index (χ4n) is 2.85. The molecule has 0 amide bonds. The summed E-state index contributed by atoms with van der Waals surface area (Å²) in [6.07, 6.45) is -0.219. The monoisotopic (exact) mass is 461 g/mol. The van der Waals surface area contributed by atoms with E-state index < -0.39 is 28.4 Å². The summed E-state index contributed by atoms with van der Waals surface area (Å²) in [5.74, 6) is -0.710. The molecule has 3 aromatic carbocycles. The zero-order valence-electron chi connectivity index (χ0n) is 16.6. The number of hydrogen-bond acceptors (Lipinski definition) is 6. The number of methoxy groups -OCH3 is 1. The van der Waals surface area contributed by atoms with Crippen LogP contribution in [-0.2, 0) is 19.6 Å². The lowest BCUT2D eigenvalue weighted by atomic mass is 10.1. The van der Waals surface area contributed by atoms with Gasteiger partial charge in [0.05, 0.1) is 23.4 Å². The van der Waals surface area contributed by atoms with Crippen molar-refractivity contribution >= 4 is 44.1 Å². The standard InChI is InChI=1S/C22H20ClNO6S/c1-29-21-9-7-17(13-19(21)23)20(25)14-30-22(26)10-11-24-31(27,28)18-8-6-15-4-2-3-5-16(15)12-18/h2-9,12-13,24H,10-11,14H2,1H3. The number of ketones is 1. The van der Waals surface area contributed by atoms with Crippen LogP contribution in [0.1, 0.15) is 16.8 Å². The van der Waals surface area contributed by atoms with E-state index in [-0.39, 0.29) is 28.4 Å². The highest BCUT2D eigenvalue weighted by atomic mass is 35.5. The Morgan fingerprint density at radius 1 is 1.00 bits per heavy atom. The summed E-state index contributed by atoms with van der Waals surface area (Å²) < 4.78 is 37.2. The molecule has 0 spiro atoms. The summed E-state index contributed by atoms with van der Waals surface area (Å²) in [6.45, 7) is -0.630. The van der Waals surface area contributed by atoms with E-state index in [0.29, 0.717) is 5.75 Å². The van der Waals surface area contributed by atoms with Gasteiger partial charge in [-0.15, -0.1) is 0 Å². The summed E-state index contributed by atoms with van der Waals surface area (Å²) in [7, 11) is -2.33. The molecule has 0 saturated heterocycles.